The monoisotopic (exact) mass is 369 g/mol. The number of carboxylic acids is 1. The lowest BCUT2D eigenvalue weighted by molar-refractivity contribution is -0.142. The first-order valence-corrected chi connectivity index (χ1v) is 6.63. The molecule has 0 saturated carbocycles. The molecule has 0 aromatic heterocycles. The van der Waals surface area contributed by atoms with Gasteiger partial charge in [-0.2, -0.15) is 0 Å². The molecule has 1 unspecified atom stereocenters. The van der Waals surface area contributed by atoms with Gasteiger partial charge in [-0.3, -0.25) is 4.79 Å². The van der Waals surface area contributed by atoms with Gasteiger partial charge in [-0.25, -0.2) is 4.79 Å². The van der Waals surface area contributed by atoms with Crippen LogP contribution in [0, 0.1) is 0 Å². The van der Waals surface area contributed by atoms with Crippen molar-refractivity contribution in [1.29, 1.82) is 0 Å². The zero-order valence-electron chi connectivity index (χ0n) is 9.75. The third-order valence-corrected chi connectivity index (χ3v) is 3.55. The van der Waals surface area contributed by atoms with Crippen molar-refractivity contribution in [2.45, 2.75) is 13.0 Å². The number of benzene rings is 1. The van der Waals surface area contributed by atoms with E-state index in [1.165, 1.54) is 19.1 Å². The second-order valence-electron chi connectivity index (χ2n) is 3.60. The molecule has 0 heterocycles. The van der Waals surface area contributed by atoms with Crippen LogP contribution in [0.3, 0.4) is 0 Å². The van der Waals surface area contributed by atoms with Crippen molar-refractivity contribution in [3.63, 3.8) is 0 Å². The Hall–Kier alpha value is -0.980. The number of halogens is 3. The number of carbonyl (C=O) groups excluding carboxylic acids is 1. The standard InChI is InChI=1S/C11H10BrCl2NO4/c1-5(16)15-9(11(17)18)4-19-10-3-7(13)6(12)2-8(10)14/h2-3,9H,4H2,1H3,(H,15,16)(H,17,18). The number of carboxylic acid groups (broad SMARTS) is 1. The number of carbonyl (C=O) groups is 2. The number of nitrogens with one attached hydrogen (secondary N) is 1. The van der Waals surface area contributed by atoms with Crippen LogP contribution in [0.15, 0.2) is 16.6 Å². The van der Waals surface area contributed by atoms with E-state index in [1.54, 1.807) is 0 Å². The molecule has 0 aliphatic heterocycles. The van der Waals surface area contributed by atoms with Crippen LogP contribution in [0.25, 0.3) is 0 Å². The molecule has 0 spiro atoms. The number of hydrogen-bond acceptors (Lipinski definition) is 3. The maximum Gasteiger partial charge on any atom is 0.329 e. The summed E-state index contributed by atoms with van der Waals surface area (Å²) in [5.74, 6) is -1.42. The molecule has 0 aliphatic carbocycles. The van der Waals surface area contributed by atoms with Gasteiger partial charge in [-0.05, 0) is 22.0 Å². The Labute approximate surface area is 128 Å². The smallest absolute Gasteiger partial charge is 0.329 e. The van der Waals surface area contributed by atoms with Gasteiger partial charge in [0.2, 0.25) is 5.91 Å². The Morgan fingerprint density at radius 2 is 2.05 bits per heavy atom. The minimum atomic E-state index is -1.20. The Morgan fingerprint density at radius 3 is 2.58 bits per heavy atom. The molecule has 19 heavy (non-hydrogen) atoms. The van der Waals surface area contributed by atoms with Gasteiger partial charge >= 0.3 is 5.97 Å². The Balaban J connectivity index is 2.77. The van der Waals surface area contributed by atoms with Crippen LogP contribution in [0.4, 0.5) is 0 Å². The highest BCUT2D eigenvalue weighted by molar-refractivity contribution is 9.10. The molecule has 2 N–H and O–H groups in total. The van der Waals surface area contributed by atoms with Gasteiger partial charge in [-0.15, -0.1) is 0 Å². The fraction of sp³-hybridized carbons (Fsp3) is 0.273. The molecule has 104 valence electrons. The largest absolute Gasteiger partial charge is 0.489 e. The molecular weight excluding hydrogens is 361 g/mol. The van der Waals surface area contributed by atoms with Gasteiger partial charge in [0.1, 0.15) is 12.4 Å². The topological polar surface area (TPSA) is 75.6 Å². The van der Waals surface area contributed by atoms with Gasteiger partial charge in [0.25, 0.3) is 0 Å². The zero-order valence-corrected chi connectivity index (χ0v) is 12.8. The van der Waals surface area contributed by atoms with E-state index in [1.807, 2.05) is 0 Å². The van der Waals surface area contributed by atoms with Crippen LogP contribution in [-0.4, -0.2) is 29.6 Å². The highest BCUT2D eigenvalue weighted by atomic mass is 79.9. The maximum absolute atomic E-state index is 10.9. The number of amides is 1. The van der Waals surface area contributed by atoms with E-state index in [4.69, 9.17) is 33.0 Å². The third-order valence-electron chi connectivity index (χ3n) is 2.06. The van der Waals surface area contributed by atoms with Crippen LogP contribution in [0.5, 0.6) is 5.75 Å². The van der Waals surface area contributed by atoms with Crippen molar-refractivity contribution in [2.75, 3.05) is 6.61 Å². The third kappa shape index (κ3) is 4.89. The van der Waals surface area contributed by atoms with Gasteiger partial charge < -0.3 is 15.2 Å². The number of aliphatic carboxylic acids is 1. The second kappa shape index (κ2) is 6.98. The van der Waals surface area contributed by atoms with E-state index in [0.29, 0.717) is 9.50 Å². The van der Waals surface area contributed by atoms with Gasteiger partial charge in [-0.1, -0.05) is 23.2 Å². The van der Waals surface area contributed by atoms with Crippen molar-refractivity contribution < 1.29 is 19.4 Å². The summed E-state index contributed by atoms with van der Waals surface area (Å²) in [6.45, 7) is 0.964. The summed E-state index contributed by atoms with van der Waals surface area (Å²) in [6, 6.07) is 1.84. The minimum absolute atomic E-state index is 0.242. The predicted molar refractivity (Wildman–Crippen MR) is 74.9 cm³/mol. The highest BCUT2D eigenvalue weighted by Gasteiger charge is 2.20. The normalized spacial score (nSPS) is 11.8. The van der Waals surface area contributed by atoms with E-state index in [9.17, 15) is 9.59 Å². The molecule has 0 fully saturated rings. The summed E-state index contributed by atoms with van der Waals surface area (Å²) in [4.78, 5) is 21.8. The molecule has 1 rings (SSSR count). The van der Waals surface area contributed by atoms with Crippen LogP contribution < -0.4 is 10.1 Å². The van der Waals surface area contributed by atoms with E-state index >= 15 is 0 Å². The van der Waals surface area contributed by atoms with E-state index < -0.39 is 17.9 Å². The lowest BCUT2D eigenvalue weighted by atomic mass is 10.3. The molecule has 1 amide bonds. The fourth-order valence-corrected chi connectivity index (χ4v) is 2.06. The Kier molecular flexibility index (Phi) is 5.90. The number of rotatable bonds is 5. The van der Waals surface area contributed by atoms with Crippen molar-refractivity contribution in [3.8, 4) is 5.75 Å². The predicted octanol–water partition coefficient (Wildman–Crippen LogP) is 2.72. The van der Waals surface area contributed by atoms with Crippen molar-refractivity contribution >= 4 is 51.0 Å². The zero-order chi connectivity index (χ0) is 14.6. The summed E-state index contributed by atoms with van der Waals surface area (Å²) in [5.41, 5.74) is 0. The van der Waals surface area contributed by atoms with Crippen LogP contribution >= 0.6 is 39.1 Å². The van der Waals surface area contributed by atoms with Gasteiger partial charge in [0, 0.05) is 17.5 Å². The fourth-order valence-electron chi connectivity index (χ4n) is 1.21. The lowest BCUT2D eigenvalue weighted by Crippen LogP contribution is -2.43. The van der Waals surface area contributed by atoms with E-state index in [0.717, 1.165) is 0 Å². The van der Waals surface area contributed by atoms with Crippen molar-refractivity contribution in [1.82, 2.24) is 5.32 Å². The maximum atomic E-state index is 10.9. The van der Waals surface area contributed by atoms with E-state index in [-0.39, 0.29) is 17.4 Å². The quantitative estimate of drug-likeness (QED) is 0.781. The molecule has 5 nitrogen and oxygen atoms in total. The van der Waals surface area contributed by atoms with Crippen molar-refractivity contribution in [3.05, 3.63) is 26.7 Å². The summed E-state index contributed by atoms with van der Waals surface area (Å²) >= 11 is 15.0. The molecule has 0 bridgehead atoms. The summed E-state index contributed by atoms with van der Waals surface area (Å²) in [7, 11) is 0. The van der Waals surface area contributed by atoms with Crippen LogP contribution in [0.2, 0.25) is 10.0 Å². The molecule has 0 aliphatic rings. The van der Waals surface area contributed by atoms with Gasteiger partial charge in [0.15, 0.2) is 6.04 Å². The van der Waals surface area contributed by atoms with Crippen LogP contribution in [-0.2, 0) is 9.59 Å². The first-order chi connectivity index (χ1) is 8.81. The average molecular weight is 371 g/mol. The molecule has 1 aromatic carbocycles. The Bertz CT molecular complexity index is 510. The lowest BCUT2D eigenvalue weighted by Gasteiger charge is -2.15. The SMILES string of the molecule is CC(=O)NC(COc1cc(Cl)c(Br)cc1Cl)C(=O)O. The van der Waals surface area contributed by atoms with E-state index in [2.05, 4.69) is 21.2 Å². The average Bonchev–Trinajstić information content (AvgIpc) is 2.29. The highest BCUT2D eigenvalue weighted by Crippen LogP contribution is 2.34. The number of ether oxygens (including phenoxy) is 1. The minimum Gasteiger partial charge on any atom is -0.489 e. The molecule has 8 heteroatoms. The van der Waals surface area contributed by atoms with Crippen molar-refractivity contribution in [2.24, 2.45) is 0 Å². The summed E-state index contributed by atoms with van der Waals surface area (Å²) in [5, 5.41) is 11.8. The van der Waals surface area contributed by atoms with Gasteiger partial charge in [0.05, 0.1) is 10.0 Å². The summed E-state index contributed by atoms with van der Waals surface area (Å²) < 4.78 is 5.86. The van der Waals surface area contributed by atoms with Crippen LogP contribution in [0.1, 0.15) is 6.92 Å². The first-order valence-electron chi connectivity index (χ1n) is 5.08. The number of hydrogen-bond donors (Lipinski definition) is 2. The molecule has 0 saturated heterocycles. The Morgan fingerprint density at radius 1 is 1.42 bits per heavy atom. The molecule has 1 atom stereocenters. The molecular formula is C11H10BrCl2NO4. The second-order valence-corrected chi connectivity index (χ2v) is 5.27. The summed E-state index contributed by atoms with van der Waals surface area (Å²) in [6.07, 6.45) is 0. The first kappa shape index (κ1) is 16.1. The molecule has 0 radical (unpaired) electrons. The molecule has 1 aromatic rings.